The zero-order valence-corrected chi connectivity index (χ0v) is 12.9. The van der Waals surface area contributed by atoms with Gasteiger partial charge in [-0.2, -0.15) is 11.8 Å². The molecule has 4 heteroatoms. The second-order valence-electron chi connectivity index (χ2n) is 4.54. The lowest BCUT2D eigenvalue weighted by atomic mass is 9.92. The van der Waals surface area contributed by atoms with Crippen molar-refractivity contribution in [3.63, 3.8) is 0 Å². The van der Waals surface area contributed by atoms with E-state index in [2.05, 4.69) is 19.2 Å². The molecule has 0 radical (unpaired) electrons. The first-order valence-electron chi connectivity index (χ1n) is 6.55. The van der Waals surface area contributed by atoms with E-state index < -0.39 is 5.54 Å². The standard InChI is InChI=1S/C15H23NO2S/c1-5-12(2)19-11-15(16-3,14(17)18-4)13-9-7-6-8-10-13/h6-10,12,16H,5,11H2,1-4H3. The molecule has 3 nitrogen and oxygen atoms in total. The van der Waals surface area contributed by atoms with Gasteiger partial charge in [0.1, 0.15) is 0 Å². The Bertz CT molecular complexity index is 396. The molecule has 1 aromatic rings. The van der Waals surface area contributed by atoms with E-state index in [4.69, 9.17) is 4.74 Å². The van der Waals surface area contributed by atoms with Gasteiger partial charge in [0.2, 0.25) is 0 Å². The lowest BCUT2D eigenvalue weighted by molar-refractivity contribution is -0.147. The number of nitrogens with one attached hydrogen (secondary N) is 1. The number of carbonyl (C=O) groups excluding carboxylic acids is 1. The van der Waals surface area contributed by atoms with Crippen molar-refractivity contribution in [1.82, 2.24) is 5.32 Å². The van der Waals surface area contributed by atoms with Gasteiger partial charge in [-0.05, 0) is 19.0 Å². The van der Waals surface area contributed by atoms with Crippen LogP contribution in [0.1, 0.15) is 25.8 Å². The molecule has 0 aromatic heterocycles. The average molecular weight is 281 g/mol. The molecule has 0 bridgehead atoms. The summed E-state index contributed by atoms with van der Waals surface area (Å²) in [6, 6.07) is 9.76. The molecule has 2 atom stereocenters. The Labute approximate surface area is 120 Å². The molecular weight excluding hydrogens is 258 g/mol. The fourth-order valence-corrected chi connectivity index (χ4v) is 3.06. The third-order valence-corrected chi connectivity index (χ3v) is 4.89. The van der Waals surface area contributed by atoms with Crippen molar-refractivity contribution in [2.45, 2.75) is 31.1 Å². The molecule has 2 unspecified atom stereocenters. The van der Waals surface area contributed by atoms with Gasteiger partial charge in [-0.3, -0.25) is 0 Å². The maximum atomic E-state index is 12.3. The van der Waals surface area contributed by atoms with Gasteiger partial charge in [-0.25, -0.2) is 4.79 Å². The Morgan fingerprint density at radius 3 is 2.53 bits per heavy atom. The Morgan fingerprint density at radius 2 is 2.05 bits per heavy atom. The zero-order valence-electron chi connectivity index (χ0n) is 12.1. The van der Waals surface area contributed by atoms with Crippen molar-refractivity contribution in [3.8, 4) is 0 Å². The zero-order chi connectivity index (χ0) is 14.3. The summed E-state index contributed by atoms with van der Waals surface area (Å²) < 4.78 is 5.01. The number of methoxy groups -OCH3 is 1. The van der Waals surface area contributed by atoms with Crippen molar-refractivity contribution < 1.29 is 9.53 Å². The van der Waals surface area contributed by atoms with Crippen LogP contribution in [0.4, 0.5) is 0 Å². The number of ether oxygens (including phenoxy) is 1. The molecule has 0 saturated heterocycles. The van der Waals surface area contributed by atoms with Crippen molar-refractivity contribution in [3.05, 3.63) is 35.9 Å². The molecule has 0 spiro atoms. The lowest BCUT2D eigenvalue weighted by Gasteiger charge is -2.31. The molecular formula is C15H23NO2S. The Hall–Kier alpha value is -1.00. The quantitative estimate of drug-likeness (QED) is 0.780. The van der Waals surface area contributed by atoms with Crippen molar-refractivity contribution in [2.75, 3.05) is 19.9 Å². The van der Waals surface area contributed by atoms with Crippen molar-refractivity contribution in [2.24, 2.45) is 0 Å². The summed E-state index contributed by atoms with van der Waals surface area (Å²) in [5.74, 6) is 0.423. The third kappa shape index (κ3) is 3.74. The number of carbonyl (C=O) groups is 1. The van der Waals surface area contributed by atoms with E-state index in [1.165, 1.54) is 7.11 Å². The van der Waals surface area contributed by atoms with Gasteiger partial charge in [-0.15, -0.1) is 0 Å². The number of esters is 1. The molecule has 0 aliphatic heterocycles. The molecule has 0 aliphatic rings. The summed E-state index contributed by atoms with van der Waals surface area (Å²) in [5.41, 5.74) is 0.171. The van der Waals surface area contributed by atoms with Gasteiger partial charge in [0.25, 0.3) is 0 Å². The maximum Gasteiger partial charge on any atom is 0.331 e. The summed E-state index contributed by atoms with van der Waals surface area (Å²) in [4.78, 5) is 12.3. The Balaban J connectivity index is 3.05. The summed E-state index contributed by atoms with van der Waals surface area (Å²) >= 11 is 1.78. The van der Waals surface area contributed by atoms with Crippen LogP contribution in [0.3, 0.4) is 0 Å². The van der Waals surface area contributed by atoms with Crippen LogP contribution in [0.15, 0.2) is 30.3 Å². The van der Waals surface area contributed by atoms with Crippen LogP contribution in [-0.4, -0.2) is 31.1 Å². The SMILES string of the molecule is CCC(C)SCC(NC)(C(=O)OC)c1ccccc1. The molecule has 0 aliphatic carbocycles. The highest BCUT2D eigenvalue weighted by atomic mass is 32.2. The highest BCUT2D eigenvalue weighted by molar-refractivity contribution is 7.99. The maximum absolute atomic E-state index is 12.3. The fraction of sp³-hybridized carbons (Fsp3) is 0.533. The Morgan fingerprint density at radius 1 is 1.42 bits per heavy atom. The molecule has 0 saturated carbocycles. The molecule has 19 heavy (non-hydrogen) atoms. The van der Waals surface area contributed by atoms with Gasteiger partial charge < -0.3 is 10.1 Å². The highest BCUT2D eigenvalue weighted by Gasteiger charge is 2.40. The number of rotatable bonds is 7. The van der Waals surface area contributed by atoms with E-state index in [-0.39, 0.29) is 5.97 Å². The van der Waals surface area contributed by atoms with E-state index in [0.29, 0.717) is 11.0 Å². The van der Waals surface area contributed by atoms with E-state index in [9.17, 15) is 4.79 Å². The van der Waals surface area contributed by atoms with Gasteiger partial charge in [-0.1, -0.05) is 44.2 Å². The molecule has 0 fully saturated rings. The van der Waals surface area contributed by atoms with Gasteiger partial charge in [0.15, 0.2) is 5.54 Å². The van der Waals surface area contributed by atoms with E-state index >= 15 is 0 Å². The molecule has 0 amide bonds. The Kier molecular flexibility index (Phi) is 6.38. The summed E-state index contributed by atoms with van der Waals surface area (Å²) in [5, 5.41) is 3.68. The lowest BCUT2D eigenvalue weighted by Crippen LogP contribution is -2.50. The number of hydrogen-bond donors (Lipinski definition) is 1. The van der Waals surface area contributed by atoms with Crippen LogP contribution in [0, 0.1) is 0 Å². The highest BCUT2D eigenvalue weighted by Crippen LogP contribution is 2.29. The van der Waals surface area contributed by atoms with Crippen molar-refractivity contribution in [1.29, 1.82) is 0 Å². The van der Waals surface area contributed by atoms with E-state index in [1.807, 2.05) is 30.3 Å². The molecule has 1 aromatic carbocycles. The molecule has 1 rings (SSSR count). The van der Waals surface area contributed by atoms with Gasteiger partial charge >= 0.3 is 5.97 Å². The summed E-state index contributed by atoms with van der Waals surface area (Å²) in [6.45, 7) is 4.33. The van der Waals surface area contributed by atoms with Crippen LogP contribution in [-0.2, 0) is 15.1 Å². The molecule has 106 valence electrons. The second kappa shape index (κ2) is 7.56. The van der Waals surface area contributed by atoms with Crippen LogP contribution < -0.4 is 5.32 Å². The smallest absolute Gasteiger partial charge is 0.331 e. The normalized spacial score (nSPS) is 15.6. The second-order valence-corrected chi connectivity index (χ2v) is 5.97. The number of hydrogen-bond acceptors (Lipinski definition) is 4. The average Bonchev–Trinajstić information content (AvgIpc) is 2.48. The van der Waals surface area contributed by atoms with Crippen LogP contribution in [0.5, 0.6) is 0 Å². The monoisotopic (exact) mass is 281 g/mol. The minimum Gasteiger partial charge on any atom is -0.467 e. The van der Waals surface area contributed by atoms with E-state index in [0.717, 1.165) is 12.0 Å². The summed E-state index contributed by atoms with van der Waals surface area (Å²) in [7, 11) is 3.24. The number of benzene rings is 1. The van der Waals surface area contributed by atoms with Crippen LogP contribution >= 0.6 is 11.8 Å². The van der Waals surface area contributed by atoms with Gasteiger partial charge in [0, 0.05) is 11.0 Å². The fourth-order valence-electron chi connectivity index (χ4n) is 1.86. The number of thioether (sulfide) groups is 1. The van der Waals surface area contributed by atoms with Crippen LogP contribution in [0.25, 0.3) is 0 Å². The van der Waals surface area contributed by atoms with Crippen LogP contribution in [0.2, 0.25) is 0 Å². The van der Waals surface area contributed by atoms with Crippen molar-refractivity contribution >= 4 is 17.7 Å². The molecule has 1 N–H and O–H groups in total. The predicted molar refractivity (Wildman–Crippen MR) is 81.4 cm³/mol. The van der Waals surface area contributed by atoms with E-state index in [1.54, 1.807) is 18.8 Å². The third-order valence-electron chi connectivity index (χ3n) is 3.39. The summed E-state index contributed by atoms with van der Waals surface area (Å²) in [6.07, 6.45) is 1.08. The first-order chi connectivity index (χ1) is 9.10. The minimum atomic E-state index is -0.774. The minimum absolute atomic E-state index is 0.239. The van der Waals surface area contributed by atoms with Gasteiger partial charge in [0.05, 0.1) is 7.11 Å². The largest absolute Gasteiger partial charge is 0.467 e. The first kappa shape index (κ1) is 16.1. The number of likely N-dealkylation sites (N-methyl/N-ethyl adjacent to an activating group) is 1. The molecule has 0 heterocycles. The topological polar surface area (TPSA) is 38.3 Å². The predicted octanol–water partition coefficient (Wildman–Crippen LogP) is 2.81. The first-order valence-corrected chi connectivity index (χ1v) is 7.60.